The number of fused-ring (bicyclic) bond motifs is 3. The number of carbonyl (C=O) groups excluding carboxylic acids is 1. The number of piperazine rings is 1. The standard InChI is InChI=1S/C30H32ClFN6O3/c1-30(2,3)41-29(39)38-20-11-12-21(38)17-37(16-20)27-23-14-33-26(31)24(32)25(23)34-28(35-27)40-18-22-10-7-13-36(22)15-19-8-5-4-6-9-19/h4-10,13-14,20-21H,11-12,15-18H2,1-3H3. The van der Waals surface area contributed by atoms with Gasteiger partial charge in [-0.05, 0) is 51.3 Å². The molecule has 2 aliphatic rings. The molecule has 2 unspecified atom stereocenters. The van der Waals surface area contributed by atoms with Gasteiger partial charge in [0.2, 0.25) is 0 Å². The summed E-state index contributed by atoms with van der Waals surface area (Å²) in [6.45, 7) is 7.52. The highest BCUT2D eigenvalue weighted by atomic mass is 35.5. The largest absolute Gasteiger partial charge is 0.457 e. The molecule has 214 valence electrons. The fourth-order valence-electron chi connectivity index (χ4n) is 5.65. The lowest BCUT2D eigenvalue weighted by Crippen LogP contribution is -2.57. The topological polar surface area (TPSA) is 85.6 Å². The molecule has 1 aromatic carbocycles. The van der Waals surface area contributed by atoms with Gasteiger partial charge < -0.3 is 18.9 Å². The molecule has 2 atom stereocenters. The highest BCUT2D eigenvalue weighted by Crippen LogP contribution is 2.37. The van der Waals surface area contributed by atoms with Crippen molar-refractivity contribution < 1.29 is 18.7 Å². The van der Waals surface area contributed by atoms with E-state index in [0.29, 0.717) is 30.8 Å². The van der Waals surface area contributed by atoms with E-state index >= 15 is 4.39 Å². The van der Waals surface area contributed by atoms with Crippen molar-refractivity contribution in [3.63, 3.8) is 0 Å². The van der Waals surface area contributed by atoms with Crippen molar-refractivity contribution in [1.82, 2.24) is 24.4 Å². The third-order valence-corrected chi connectivity index (χ3v) is 7.72. The van der Waals surface area contributed by atoms with Crippen molar-refractivity contribution in [2.45, 2.75) is 64.4 Å². The Kier molecular flexibility index (Phi) is 7.19. The van der Waals surface area contributed by atoms with Gasteiger partial charge in [0.25, 0.3) is 0 Å². The van der Waals surface area contributed by atoms with Gasteiger partial charge in [-0.2, -0.15) is 9.97 Å². The third-order valence-electron chi connectivity index (χ3n) is 7.46. The van der Waals surface area contributed by atoms with Gasteiger partial charge >= 0.3 is 12.1 Å². The predicted molar refractivity (Wildman–Crippen MR) is 154 cm³/mol. The molecule has 0 radical (unpaired) electrons. The maximum absolute atomic E-state index is 15.2. The summed E-state index contributed by atoms with van der Waals surface area (Å²) in [5, 5.41) is 0.177. The van der Waals surface area contributed by atoms with Gasteiger partial charge in [-0.1, -0.05) is 41.9 Å². The van der Waals surface area contributed by atoms with Crippen molar-refractivity contribution >= 4 is 34.4 Å². The minimum absolute atomic E-state index is 0.0445. The molecule has 2 saturated heterocycles. The van der Waals surface area contributed by atoms with Crippen LogP contribution in [0.1, 0.15) is 44.9 Å². The summed E-state index contributed by atoms with van der Waals surface area (Å²) in [5.41, 5.74) is 1.56. The molecule has 11 heteroatoms. The predicted octanol–water partition coefficient (Wildman–Crippen LogP) is 5.83. The third kappa shape index (κ3) is 5.66. The molecule has 9 nitrogen and oxygen atoms in total. The second-order valence-corrected chi connectivity index (χ2v) is 11.9. The Morgan fingerprint density at radius 1 is 1.07 bits per heavy atom. The van der Waals surface area contributed by atoms with E-state index in [4.69, 9.17) is 26.1 Å². The van der Waals surface area contributed by atoms with E-state index in [1.807, 2.05) is 62.2 Å². The lowest BCUT2D eigenvalue weighted by Gasteiger charge is -2.42. The van der Waals surface area contributed by atoms with Crippen molar-refractivity contribution in [2.24, 2.45) is 0 Å². The number of rotatable bonds is 6. The van der Waals surface area contributed by atoms with Crippen LogP contribution in [0.3, 0.4) is 0 Å². The Labute approximate surface area is 242 Å². The number of anilines is 1. The Balaban J connectivity index is 1.27. The van der Waals surface area contributed by atoms with E-state index in [1.54, 1.807) is 0 Å². The first kappa shape index (κ1) is 27.3. The van der Waals surface area contributed by atoms with Crippen LogP contribution in [-0.2, 0) is 17.9 Å². The van der Waals surface area contributed by atoms with E-state index in [2.05, 4.69) is 31.6 Å². The highest BCUT2D eigenvalue weighted by molar-refractivity contribution is 6.30. The number of benzene rings is 1. The van der Waals surface area contributed by atoms with Crippen LogP contribution in [0.15, 0.2) is 54.9 Å². The monoisotopic (exact) mass is 578 g/mol. The molecular formula is C30H32ClFN6O3. The minimum atomic E-state index is -0.722. The fraction of sp³-hybridized carbons (Fsp3) is 0.400. The summed E-state index contributed by atoms with van der Waals surface area (Å²) in [6, 6.07) is 14.0. The van der Waals surface area contributed by atoms with Crippen LogP contribution >= 0.6 is 11.6 Å². The number of ether oxygens (including phenoxy) is 2. The first-order valence-electron chi connectivity index (χ1n) is 13.7. The van der Waals surface area contributed by atoms with Crippen molar-refractivity contribution in [1.29, 1.82) is 0 Å². The molecule has 2 aliphatic heterocycles. The molecule has 1 amide bonds. The number of hydrogen-bond acceptors (Lipinski definition) is 7. The van der Waals surface area contributed by atoms with Gasteiger partial charge in [-0.15, -0.1) is 0 Å². The van der Waals surface area contributed by atoms with Gasteiger partial charge in [-0.25, -0.2) is 14.2 Å². The van der Waals surface area contributed by atoms with Crippen molar-refractivity contribution in [3.05, 3.63) is 77.1 Å². The smallest absolute Gasteiger partial charge is 0.410 e. The van der Waals surface area contributed by atoms with E-state index in [9.17, 15) is 4.79 Å². The molecule has 2 fully saturated rings. The average Bonchev–Trinajstić information content (AvgIpc) is 3.49. The normalized spacial score (nSPS) is 18.7. The van der Waals surface area contributed by atoms with E-state index in [-0.39, 0.29) is 41.5 Å². The summed E-state index contributed by atoms with van der Waals surface area (Å²) in [7, 11) is 0. The zero-order valence-corrected chi connectivity index (χ0v) is 24.0. The fourth-order valence-corrected chi connectivity index (χ4v) is 5.79. The van der Waals surface area contributed by atoms with Crippen LogP contribution in [0, 0.1) is 5.82 Å². The Bertz CT molecular complexity index is 1560. The first-order valence-corrected chi connectivity index (χ1v) is 14.1. The van der Waals surface area contributed by atoms with Crippen LogP contribution < -0.4 is 9.64 Å². The molecule has 0 saturated carbocycles. The number of pyridine rings is 1. The van der Waals surface area contributed by atoms with Gasteiger partial charge in [0.1, 0.15) is 23.5 Å². The van der Waals surface area contributed by atoms with Crippen LogP contribution in [0.4, 0.5) is 15.0 Å². The Morgan fingerprint density at radius 3 is 2.51 bits per heavy atom. The number of hydrogen-bond donors (Lipinski definition) is 0. The molecule has 0 spiro atoms. The van der Waals surface area contributed by atoms with Crippen molar-refractivity contribution in [2.75, 3.05) is 18.0 Å². The Hall–Kier alpha value is -3.92. The zero-order chi connectivity index (χ0) is 28.7. The van der Waals surface area contributed by atoms with Crippen LogP contribution in [-0.4, -0.2) is 61.3 Å². The first-order chi connectivity index (χ1) is 19.7. The molecular weight excluding hydrogens is 547 g/mol. The van der Waals surface area contributed by atoms with Gasteiger partial charge in [-0.3, -0.25) is 4.90 Å². The molecule has 3 aromatic heterocycles. The van der Waals surface area contributed by atoms with E-state index < -0.39 is 11.4 Å². The molecule has 41 heavy (non-hydrogen) atoms. The summed E-state index contributed by atoms with van der Waals surface area (Å²) >= 11 is 6.03. The van der Waals surface area contributed by atoms with Gasteiger partial charge in [0.05, 0.1) is 23.2 Å². The summed E-state index contributed by atoms with van der Waals surface area (Å²) in [5.74, 6) is -0.214. The lowest BCUT2D eigenvalue weighted by molar-refractivity contribution is 0.0123. The zero-order valence-electron chi connectivity index (χ0n) is 23.3. The second kappa shape index (κ2) is 10.8. The number of nitrogens with zero attached hydrogens (tertiary/aromatic N) is 6. The number of aromatic nitrogens is 4. The maximum Gasteiger partial charge on any atom is 0.410 e. The molecule has 4 aromatic rings. The number of amides is 1. The van der Waals surface area contributed by atoms with Crippen LogP contribution in [0.25, 0.3) is 10.9 Å². The molecule has 0 aliphatic carbocycles. The lowest BCUT2D eigenvalue weighted by atomic mass is 10.1. The van der Waals surface area contributed by atoms with E-state index in [1.165, 1.54) is 11.8 Å². The molecule has 2 bridgehead atoms. The summed E-state index contributed by atoms with van der Waals surface area (Å²) < 4.78 is 29.0. The minimum Gasteiger partial charge on any atom is -0.457 e. The SMILES string of the molecule is CC(C)(C)OC(=O)N1C2CCC1CN(c1nc(OCc3cccn3Cc3ccccc3)nc3c(F)c(Cl)ncc13)C2. The number of carbonyl (C=O) groups is 1. The van der Waals surface area contributed by atoms with Crippen molar-refractivity contribution in [3.8, 4) is 6.01 Å². The molecule has 5 heterocycles. The summed E-state index contributed by atoms with van der Waals surface area (Å²) in [6.07, 6.45) is 4.88. The van der Waals surface area contributed by atoms with Gasteiger partial charge in [0, 0.05) is 32.0 Å². The second-order valence-electron chi connectivity index (χ2n) is 11.5. The number of halogens is 2. The van der Waals surface area contributed by atoms with Gasteiger partial charge in [0.15, 0.2) is 11.0 Å². The molecule has 0 N–H and O–H groups in total. The van der Waals surface area contributed by atoms with Crippen LogP contribution in [0.2, 0.25) is 5.15 Å². The average molecular weight is 579 g/mol. The van der Waals surface area contributed by atoms with E-state index in [0.717, 1.165) is 18.5 Å². The quantitative estimate of drug-likeness (QED) is 0.266. The summed E-state index contributed by atoms with van der Waals surface area (Å²) in [4.78, 5) is 30.0. The van der Waals surface area contributed by atoms with Crippen LogP contribution in [0.5, 0.6) is 6.01 Å². The Morgan fingerprint density at radius 2 is 1.80 bits per heavy atom. The highest BCUT2D eigenvalue weighted by Gasteiger charge is 2.45. The maximum atomic E-state index is 15.2. The molecule has 6 rings (SSSR count).